The second-order valence-corrected chi connectivity index (χ2v) is 8.29. The maximum Gasteiger partial charge on any atom is 0.162 e. The highest BCUT2D eigenvalue weighted by atomic mass is 32.2. The monoisotopic (exact) mass is 220 g/mol. The van der Waals surface area contributed by atoms with Crippen molar-refractivity contribution in [2.75, 3.05) is 5.75 Å². The minimum Gasteiger partial charge on any atom is -0.298 e. The van der Waals surface area contributed by atoms with Gasteiger partial charge in [0.15, 0.2) is 15.6 Å². The van der Waals surface area contributed by atoms with Gasteiger partial charge in [0.1, 0.15) is 5.75 Å². The van der Waals surface area contributed by atoms with Crippen LogP contribution in [0, 0.1) is 5.41 Å². The zero-order valence-corrected chi connectivity index (χ0v) is 10.7. The molecule has 0 aromatic heterocycles. The van der Waals surface area contributed by atoms with Crippen LogP contribution >= 0.6 is 0 Å². The summed E-state index contributed by atoms with van der Waals surface area (Å²) in [5.41, 5.74) is -0.585. The number of sulfone groups is 1. The number of carbonyl (C=O) groups excluding carboxylic acids is 1. The van der Waals surface area contributed by atoms with Crippen molar-refractivity contribution in [3.63, 3.8) is 0 Å². The van der Waals surface area contributed by atoms with E-state index in [9.17, 15) is 13.2 Å². The molecule has 84 valence electrons. The molecule has 0 bridgehead atoms. The fourth-order valence-corrected chi connectivity index (χ4v) is 1.82. The first-order chi connectivity index (χ1) is 5.88. The molecule has 0 unspecified atom stereocenters. The Bertz CT molecular complexity index is 312. The first-order valence-corrected chi connectivity index (χ1v) is 6.29. The van der Waals surface area contributed by atoms with Crippen molar-refractivity contribution in [1.82, 2.24) is 0 Å². The first kappa shape index (κ1) is 13.6. The SMILES string of the molecule is CC(C)(C)C(=O)CS(=O)(=O)C(C)(C)C. The molecule has 0 spiro atoms. The normalized spacial score (nSPS) is 14.1. The Morgan fingerprint density at radius 3 is 1.57 bits per heavy atom. The van der Waals surface area contributed by atoms with E-state index in [1.165, 1.54) is 0 Å². The Morgan fingerprint density at radius 2 is 1.36 bits per heavy atom. The lowest BCUT2D eigenvalue weighted by Gasteiger charge is -2.22. The molecule has 0 amide bonds. The summed E-state index contributed by atoms with van der Waals surface area (Å²) in [6, 6.07) is 0. The molecule has 0 aliphatic heterocycles. The van der Waals surface area contributed by atoms with Crippen LogP contribution in [0.2, 0.25) is 0 Å². The Kier molecular flexibility index (Phi) is 3.55. The summed E-state index contributed by atoms with van der Waals surface area (Å²) in [5, 5.41) is 0. The maximum absolute atomic E-state index is 11.7. The highest BCUT2D eigenvalue weighted by molar-refractivity contribution is 7.93. The van der Waals surface area contributed by atoms with Crippen molar-refractivity contribution in [3.05, 3.63) is 0 Å². The highest BCUT2D eigenvalue weighted by Gasteiger charge is 2.34. The van der Waals surface area contributed by atoms with Gasteiger partial charge in [-0.05, 0) is 20.8 Å². The summed E-state index contributed by atoms with van der Waals surface area (Å²) >= 11 is 0. The molecule has 3 nitrogen and oxygen atoms in total. The number of hydrogen-bond donors (Lipinski definition) is 0. The summed E-state index contributed by atoms with van der Waals surface area (Å²) in [6.07, 6.45) is 0. The van der Waals surface area contributed by atoms with Crippen molar-refractivity contribution in [2.24, 2.45) is 5.41 Å². The van der Waals surface area contributed by atoms with E-state index in [0.29, 0.717) is 0 Å². The van der Waals surface area contributed by atoms with Crippen LogP contribution in [-0.2, 0) is 14.6 Å². The van der Waals surface area contributed by atoms with Crippen molar-refractivity contribution in [1.29, 1.82) is 0 Å². The highest BCUT2D eigenvalue weighted by Crippen LogP contribution is 2.21. The second-order valence-electron chi connectivity index (χ2n) is 5.54. The maximum atomic E-state index is 11.7. The van der Waals surface area contributed by atoms with Gasteiger partial charge in [0.2, 0.25) is 0 Å². The molecule has 0 aliphatic carbocycles. The molecule has 0 aliphatic rings. The predicted molar refractivity (Wildman–Crippen MR) is 58.0 cm³/mol. The second kappa shape index (κ2) is 3.65. The van der Waals surface area contributed by atoms with Gasteiger partial charge in [0.25, 0.3) is 0 Å². The Hall–Kier alpha value is -0.380. The topological polar surface area (TPSA) is 51.2 Å². The number of carbonyl (C=O) groups is 1. The van der Waals surface area contributed by atoms with Crippen molar-refractivity contribution in [2.45, 2.75) is 46.3 Å². The fourth-order valence-electron chi connectivity index (χ4n) is 0.606. The molecule has 0 fully saturated rings. The van der Waals surface area contributed by atoms with Crippen LogP contribution in [-0.4, -0.2) is 24.7 Å². The van der Waals surface area contributed by atoms with Crippen molar-refractivity contribution < 1.29 is 13.2 Å². The number of ketones is 1. The van der Waals surface area contributed by atoms with Crippen LogP contribution < -0.4 is 0 Å². The van der Waals surface area contributed by atoms with Gasteiger partial charge in [-0.15, -0.1) is 0 Å². The lowest BCUT2D eigenvalue weighted by molar-refractivity contribution is -0.123. The van der Waals surface area contributed by atoms with E-state index < -0.39 is 20.0 Å². The van der Waals surface area contributed by atoms with Crippen LogP contribution in [0.1, 0.15) is 41.5 Å². The molecule has 0 atom stereocenters. The third-order valence-electron chi connectivity index (χ3n) is 2.09. The lowest BCUT2D eigenvalue weighted by Crippen LogP contribution is -2.37. The van der Waals surface area contributed by atoms with Crippen LogP contribution in [0.15, 0.2) is 0 Å². The lowest BCUT2D eigenvalue weighted by atomic mass is 9.92. The standard InChI is InChI=1S/C10H20O3S/c1-9(2,3)8(11)7-14(12,13)10(4,5)6/h7H2,1-6H3. The number of rotatable bonds is 2. The molecule has 0 saturated heterocycles. The molecule has 4 heteroatoms. The van der Waals surface area contributed by atoms with Crippen LogP contribution in [0.4, 0.5) is 0 Å². The van der Waals surface area contributed by atoms with Crippen LogP contribution in [0.5, 0.6) is 0 Å². The Balaban J connectivity index is 4.82. The third-order valence-corrected chi connectivity index (χ3v) is 4.60. The van der Waals surface area contributed by atoms with E-state index in [1.807, 2.05) is 0 Å². The molecule has 0 aromatic rings. The minimum atomic E-state index is -3.33. The zero-order chi connectivity index (χ0) is 11.8. The van der Waals surface area contributed by atoms with Gasteiger partial charge in [0, 0.05) is 5.41 Å². The van der Waals surface area contributed by atoms with Gasteiger partial charge in [-0.25, -0.2) is 8.42 Å². The van der Waals surface area contributed by atoms with Crippen molar-refractivity contribution >= 4 is 15.6 Å². The molecule has 0 aromatic carbocycles. The van der Waals surface area contributed by atoms with E-state index >= 15 is 0 Å². The summed E-state index contributed by atoms with van der Waals surface area (Å²) < 4.78 is 22.5. The van der Waals surface area contributed by atoms with E-state index in [4.69, 9.17) is 0 Å². The third kappa shape index (κ3) is 3.40. The molecule has 0 saturated carbocycles. The van der Waals surface area contributed by atoms with Crippen LogP contribution in [0.25, 0.3) is 0 Å². The molecular formula is C10H20O3S. The number of Topliss-reactive ketones (excluding diaryl/α,β-unsaturated/α-hetero) is 1. The van der Waals surface area contributed by atoms with Gasteiger partial charge in [-0.3, -0.25) is 4.79 Å². The molecule has 14 heavy (non-hydrogen) atoms. The average Bonchev–Trinajstić information content (AvgIpc) is 1.80. The summed E-state index contributed by atoms with van der Waals surface area (Å²) in [6.45, 7) is 10.0. The van der Waals surface area contributed by atoms with E-state index in [2.05, 4.69) is 0 Å². The van der Waals surface area contributed by atoms with Gasteiger partial charge >= 0.3 is 0 Å². The molecule has 0 rings (SSSR count). The zero-order valence-electron chi connectivity index (χ0n) is 9.84. The molecule has 0 radical (unpaired) electrons. The Labute approximate surface area is 86.8 Å². The van der Waals surface area contributed by atoms with Gasteiger partial charge in [0.05, 0.1) is 4.75 Å². The molecule has 0 N–H and O–H groups in total. The van der Waals surface area contributed by atoms with Crippen molar-refractivity contribution in [3.8, 4) is 0 Å². The van der Waals surface area contributed by atoms with E-state index in [1.54, 1.807) is 41.5 Å². The Morgan fingerprint density at radius 1 is 1.00 bits per heavy atom. The van der Waals surface area contributed by atoms with Gasteiger partial charge < -0.3 is 0 Å². The smallest absolute Gasteiger partial charge is 0.162 e. The minimum absolute atomic E-state index is 0.229. The van der Waals surface area contributed by atoms with Crippen LogP contribution in [0.3, 0.4) is 0 Å². The van der Waals surface area contributed by atoms with E-state index in [-0.39, 0.29) is 11.5 Å². The van der Waals surface area contributed by atoms with Gasteiger partial charge in [-0.2, -0.15) is 0 Å². The number of hydrogen-bond acceptors (Lipinski definition) is 3. The quantitative estimate of drug-likeness (QED) is 0.713. The average molecular weight is 220 g/mol. The van der Waals surface area contributed by atoms with Gasteiger partial charge in [-0.1, -0.05) is 20.8 Å². The summed E-state index contributed by atoms with van der Waals surface area (Å²) in [5.74, 6) is -0.590. The first-order valence-electron chi connectivity index (χ1n) is 4.63. The summed E-state index contributed by atoms with van der Waals surface area (Å²) in [4.78, 5) is 11.5. The largest absolute Gasteiger partial charge is 0.298 e. The summed E-state index contributed by atoms with van der Waals surface area (Å²) in [7, 11) is -3.33. The predicted octanol–water partition coefficient (Wildman–Crippen LogP) is 1.81. The van der Waals surface area contributed by atoms with E-state index in [0.717, 1.165) is 0 Å². The molecular weight excluding hydrogens is 200 g/mol. The fraction of sp³-hybridized carbons (Fsp3) is 0.900. The molecule has 0 heterocycles.